The third-order valence-corrected chi connectivity index (χ3v) is 7.62. The summed E-state index contributed by atoms with van der Waals surface area (Å²) in [4.78, 5) is 32.6. The molecule has 0 saturated heterocycles. The van der Waals surface area contributed by atoms with Crippen molar-refractivity contribution in [1.29, 1.82) is 0 Å². The maximum Gasteiger partial charge on any atom is 0.271 e. The predicted octanol–water partition coefficient (Wildman–Crippen LogP) is 5.65. The molecule has 186 valence electrons. The molecule has 4 aromatic rings. The second-order valence-corrected chi connectivity index (χ2v) is 10.7. The van der Waals surface area contributed by atoms with Gasteiger partial charge in [0.15, 0.2) is 4.80 Å². The van der Waals surface area contributed by atoms with Gasteiger partial charge in [-0.05, 0) is 59.9 Å². The summed E-state index contributed by atoms with van der Waals surface area (Å²) in [6.07, 6.45) is 1.88. The molecule has 1 atom stereocenters. The fourth-order valence-corrected chi connectivity index (χ4v) is 5.59. The van der Waals surface area contributed by atoms with Gasteiger partial charge in [0.25, 0.3) is 11.5 Å². The summed E-state index contributed by atoms with van der Waals surface area (Å²) in [7, 11) is 0. The highest BCUT2D eigenvalue weighted by Crippen LogP contribution is 2.31. The van der Waals surface area contributed by atoms with Crippen molar-refractivity contribution in [1.82, 2.24) is 4.57 Å². The molecule has 1 aliphatic rings. The molecule has 1 amide bonds. The van der Waals surface area contributed by atoms with Crippen LogP contribution in [0.3, 0.4) is 0 Å². The lowest BCUT2D eigenvalue weighted by molar-refractivity contribution is -0.113. The van der Waals surface area contributed by atoms with Crippen LogP contribution in [-0.2, 0) is 4.79 Å². The van der Waals surface area contributed by atoms with Crippen molar-refractivity contribution in [3.8, 4) is 0 Å². The van der Waals surface area contributed by atoms with E-state index < -0.39 is 6.04 Å². The number of thiazole rings is 1. The largest absolute Gasteiger partial charge is 0.322 e. The van der Waals surface area contributed by atoms with Crippen LogP contribution in [0.4, 0.5) is 5.69 Å². The average Bonchev–Trinajstić information content (AvgIpc) is 3.18. The minimum absolute atomic E-state index is 0.186. The van der Waals surface area contributed by atoms with Crippen molar-refractivity contribution < 1.29 is 4.79 Å². The van der Waals surface area contributed by atoms with Gasteiger partial charge in [-0.25, -0.2) is 4.99 Å². The molecule has 0 saturated carbocycles. The molecule has 3 aromatic carbocycles. The highest BCUT2D eigenvalue weighted by molar-refractivity contribution is 7.07. The van der Waals surface area contributed by atoms with Crippen LogP contribution in [0, 0.1) is 0 Å². The number of allylic oxidation sites excluding steroid dienone is 1. The second-order valence-electron chi connectivity index (χ2n) is 9.27. The number of hydrogen-bond donors (Lipinski definition) is 1. The number of para-hydroxylation sites is 1. The number of carbonyl (C=O) groups excluding carboxylic acids is 1. The molecule has 2 heterocycles. The first-order chi connectivity index (χ1) is 17.8. The van der Waals surface area contributed by atoms with Crippen molar-refractivity contribution >= 4 is 40.6 Å². The Morgan fingerprint density at radius 3 is 2.35 bits per heavy atom. The zero-order valence-electron chi connectivity index (χ0n) is 20.7. The van der Waals surface area contributed by atoms with Gasteiger partial charge in [-0.1, -0.05) is 91.4 Å². The first-order valence-electron chi connectivity index (χ1n) is 12.1. The van der Waals surface area contributed by atoms with Gasteiger partial charge in [0.1, 0.15) is 0 Å². The van der Waals surface area contributed by atoms with E-state index in [2.05, 4.69) is 31.3 Å². The Morgan fingerprint density at radius 1 is 1.03 bits per heavy atom. The molecule has 1 aromatic heterocycles. The Balaban J connectivity index is 1.64. The molecule has 5 rings (SSSR count). The smallest absolute Gasteiger partial charge is 0.271 e. The van der Waals surface area contributed by atoms with E-state index in [0.29, 0.717) is 37.2 Å². The maximum absolute atomic E-state index is 13.8. The van der Waals surface area contributed by atoms with Gasteiger partial charge in [0.2, 0.25) is 0 Å². The Kier molecular flexibility index (Phi) is 6.96. The van der Waals surface area contributed by atoms with Gasteiger partial charge < -0.3 is 5.32 Å². The molecule has 0 bridgehead atoms. The van der Waals surface area contributed by atoms with E-state index >= 15 is 0 Å². The van der Waals surface area contributed by atoms with Crippen molar-refractivity contribution in [2.45, 2.75) is 32.7 Å². The molecule has 1 N–H and O–H groups in total. The van der Waals surface area contributed by atoms with Gasteiger partial charge in [0.05, 0.1) is 21.8 Å². The molecule has 1 unspecified atom stereocenters. The summed E-state index contributed by atoms with van der Waals surface area (Å²) in [6, 6.07) is 24.1. The standard InChI is InChI=1S/C30H26ClN3O2S/c1-18(2)21-11-9-20(10-12-21)17-25-29(36)34-27(22-13-15-23(31)16-14-22)26(19(3)32-30(34)37-25)28(35)33-24-7-5-4-6-8-24/h4-18,27H,1-3H3,(H,33,35)/b25-17-. The van der Waals surface area contributed by atoms with Crippen LogP contribution >= 0.6 is 22.9 Å². The topological polar surface area (TPSA) is 63.5 Å². The van der Waals surface area contributed by atoms with Crippen LogP contribution in [0.1, 0.15) is 49.4 Å². The Hall–Kier alpha value is -3.74. The lowest BCUT2D eigenvalue weighted by Crippen LogP contribution is -2.40. The molecule has 7 heteroatoms. The average molecular weight is 528 g/mol. The SMILES string of the molecule is CC1=C(C(=O)Nc2ccccc2)C(c2ccc(Cl)cc2)n2c(s/c(=C\c3ccc(C(C)C)cc3)c2=O)=N1. The molecule has 0 fully saturated rings. The number of halogens is 1. The van der Waals surface area contributed by atoms with E-state index in [9.17, 15) is 9.59 Å². The Bertz CT molecular complexity index is 1670. The fraction of sp³-hybridized carbons (Fsp3) is 0.167. The van der Waals surface area contributed by atoms with Gasteiger partial charge >= 0.3 is 0 Å². The van der Waals surface area contributed by atoms with E-state index in [0.717, 1.165) is 11.1 Å². The highest BCUT2D eigenvalue weighted by Gasteiger charge is 2.32. The first-order valence-corrected chi connectivity index (χ1v) is 13.3. The Morgan fingerprint density at radius 2 is 1.70 bits per heavy atom. The molecular weight excluding hydrogens is 502 g/mol. The van der Waals surface area contributed by atoms with Crippen LogP contribution in [0.15, 0.2) is 99.9 Å². The zero-order chi connectivity index (χ0) is 26.1. The van der Waals surface area contributed by atoms with Crippen LogP contribution < -0.4 is 20.2 Å². The fourth-order valence-electron chi connectivity index (χ4n) is 4.42. The Labute approximate surface area is 224 Å². The minimum Gasteiger partial charge on any atom is -0.322 e. The minimum atomic E-state index is -0.636. The van der Waals surface area contributed by atoms with Gasteiger partial charge in [-0.15, -0.1) is 0 Å². The van der Waals surface area contributed by atoms with E-state index in [4.69, 9.17) is 16.6 Å². The number of nitrogens with one attached hydrogen (secondary N) is 1. The number of carbonyl (C=O) groups is 1. The molecule has 1 aliphatic heterocycles. The normalized spacial score (nSPS) is 15.5. The third kappa shape index (κ3) is 5.08. The van der Waals surface area contributed by atoms with E-state index in [1.165, 1.54) is 16.9 Å². The van der Waals surface area contributed by atoms with Crippen LogP contribution in [0.5, 0.6) is 0 Å². The van der Waals surface area contributed by atoms with E-state index in [1.807, 2.05) is 67.6 Å². The van der Waals surface area contributed by atoms with Crippen molar-refractivity contribution in [3.63, 3.8) is 0 Å². The van der Waals surface area contributed by atoms with Crippen molar-refractivity contribution in [3.05, 3.63) is 132 Å². The summed E-state index contributed by atoms with van der Waals surface area (Å²) < 4.78 is 2.18. The lowest BCUT2D eigenvalue weighted by atomic mass is 9.95. The zero-order valence-corrected chi connectivity index (χ0v) is 22.3. The predicted molar refractivity (Wildman–Crippen MR) is 151 cm³/mol. The molecule has 37 heavy (non-hydrogen) atoms. The maximum atomic E-state index is 13.8. The van der Waals surface area contributed by atoms with Crippen molar-refractivity contribution in [2.24, 2.45) is 4.99 Å². The van der Waals surface area contributed by atoms with E-state index in [1.54, 1.807) is 16.7 Å². The summed E-state index contributed by atoms with van der Waals surface area (Å²) in [6.45, 7) is 6.11. The summed E-state index contributed by atoms with van der Waals surface area (Å²) in [5, 5.41) is 3.54. The van der Waals surface area contributed by atoms with Crippen LogP contribution in [0.25, 0.3) is 6.08 Å². The monoisotopic (exact) mass is 527 g/mol. The molecule has 0 radical (unpaired) electrons. The van der Waals surface area contributed by atoms with Gasteiger partial charge in [-0.3, -0.25) is 14.2 Å². The number of anilines is 1. The number of aromatic nitrogens is 1. The van der Waals surface area contributed by atoms with E-state index in [-0.39, 0.29) is 11.5 Å². The quantitative estimate of drug-likeness (QED) is 0.364. The number of rotatable bonds is 5. The number of fused-ring (bicyclic) bond motifs is 1. The van der Waals surface area contributed by atoms with Gasteiger partial charge in [-0.2, -0.15) is 0 Å². The number of hydrogen-bond acceptors (Lipinski definition) is 4. The van der Waals surface area contributed by atoms with Crippen LogP contribution in [0.2, 0.25) is 5.02 Å². The van der Waals surface area contributed by atoms with Crippen molar-refractivity contribution in [2.75, 3.05) is 5.32 Å². The molecule has 0 spiro atoms. The summed E-state index contributed by atoms with van der Waals surface area (Å²) in [5.41, 5.74) is 4.44. The third-order valence-electron chi connectivity index (χ3n) is 6.38. The number of benzene rings is 3. The van der Waals surface area contributed by atoms with Gasteiger partial charge in [0, 0.05) is 10.7 Å². The highest BCUT2D eigenvalue weighted by atomic mass is 35.5. The molecule has 0 aliphatic carbocycles. The second kappa shape index (κ2) is 10.3. The molecular formula is C30H26ClN3O2S. The molecule has 5 nitrogen and oxygen atoms in total. The first kappa shape index (κ1) is 24.9. The summed E-state index contributed by atoms with van der Waals surface area (Å²) >= 11 is 7.49. The number of nitrogens with zero attached hydrogens (tertiary/aromatic N) is 2. The number of amides is 1. The van der Waals surface area contributed by atoms with Crippen LogP contribution in [-0.4, -0.2) is 10.5 Å². The lowest BCUT2D eigenvalue weighted by Gasteiger charge is -2.25. The summed E-state index contributed by atoms with van der Waals surface area (Å²) in [5.74, 6) is 0.133.